The second kappa shape index (κ2) is 9.12. The van der Waals surface area contributed by atoms with Crippen LogP contribution in [0.5, 0.6) is 5.75 Å². The van der Waals surface area contributed by atoms with Gasteiger partial charge in [-0.1, -0.05) is 24.6 Å². The van der Waals surface area contributed by atoms with Crippen molar-refractivity contribution in [1.82, 2.24) is 4.90 Å². The molecule has 0 bridgehead atoms. The Bertz CT molecular complexity index is 920. The number of carbonyl (C=O) groups is 1. The molecule has 2 aromatic carbocycles. The number of anilines is 1. The summed E-state index contributed by atoms with van der Waals surface area (Å²) in [5.41, 5.74) is -0.393. The first-order valence-corrected chi connectivity index (χ1v) is 9.94. The van der Waals surface area contributed by atoms with Crippen LogP contribution >= 0.6 is 11.6 Å². The summed E-state index contributed by atoms with van der Waals surface area (Å²) in [7, 11) is 0. The lowest BCUT2D eigenvalue weighted by Crippen LogP contribution is -2.49. The van der Waals surface area contributed by atoms with E-state index in [0.29, 0.717) is 11.3 Å². The van der Waals surface area contributed by atoms with Crippen LogP contribution in [-0.2, 0) is 0 Å². The topological polar surface area (TPSA) is 32.8 Å². The van der Waals surface area contributed by atoms with E-state index in [1.165, 1.54) is 9.80 Å². The van der Waals surface area contributed by atoms with Crippen LogP contribution in [0, 0.1) is 23.3 Å². The Morgan fingerprint density at radius 1 is 1.07 bits per heavy atom. The van der Waals surface area contributed by atoms with Crippen molar-refractivity contribution in [2.24, 2.45) is 0 Å². The van der Waals surface area contributed by atoms with Crippen molar-refractivity contribution >= 4 is 23.2 Å². The second-order valence-corrected chi connectivity index (χ2v) is 7.44. The van der Waals surface area contributed by atoms with E-state index in [4.69, 9.17) is 16.3 Å². The SMILES string of the molecule is CCC(C)Oc1cccc(C(=O)N2CCN(c3c(F)c(F)c(Cl)c(F)c3F)CC2)c1. The number of rotatable bonds is 5. The smallest absolute Gasteiger partial charge is 0.254 e. The van der Waals surface area contributed by atoms with Gasteiger partial charge in [0.1, 0.15) is 16.5 Å². The van der Waals surface area contributed by atoms with Gasteiger partial charge in [0, 0.05) is 31.7 Å². The standard InChI is InChI=1S/C21H21ClF4N2O2/c1-3-12(2)30-14-6-4-5-13(11-14)21(29)28-9-7-27(8-10-28)20-18(25)16(23)15(22)17(24)19(20)26/h4-6,11-12H,3,7-10H2,1-2H3. The first-order chi connectivity index (χ1) is 14.2. The fraction of sp³-hybridized carbons (Fsp3) is 0.381. The zero-order chi connectivity index (χ0) is 22.0. The fourth-order valence-electron chi connectivity index (χ4n) is 3.20. The van der Waals surface area contributed by atoms with E-state index in [2.05, 4.69) is 0 Å². The summed E-state index contributed by atoms with van der Waals surface area (Å²) in [5, 5.41) is -1.22. The molecule has 9 heteroatoms. The normalized spacial score (nSPS) is 15.3. The Labute approximate surface area is 177 Å². The zero-order valence-corrected chi connectivity index (χ0v) is 17.3. The van der Waals surface area contributed by atoms with Crippen LogP contribution in [-0.4, -0.2) is 43.1 Å². The Morgan fingerprint density at radius 3 is 2.23 bits per heavy atom. The summed E-state index contributed by atoms with van der Waals surface area (Å²) in [6.45, 7) is 4.17. The van der Waals surface area contributed by atoms with E-state index < -0.39 is 34.0 Å². The molecule has 30 heavy (non-hydrogen) atoms. The first kappa shape index (κ1) is 22.2. The molecule has 1 aliphatic heterocycles. The highest BCUT2D eigenvalue weighted by atomic mass is 35.5. The first-order valence-electron chi connectivity index (χ1n) is 9.57. The molecule has 2 aromatic rings. The summed E-state index contributed by atoms with van der Waals surface area (Å²) >= 11 is 5.27. The second-order valence-electron chi connectivity index (χ2n) is 7.06. The summed E-state index contributed by atoms with van der Waals surface area (Å²) < 4.78 is 61.6. The summed E-state index contributed by atoms with van der Waals surface area (Å²) in [4.78, 5) is 15.5. The van der Waals surface area contributed by atoms with Gasteiger partial charge in [-0.05, 0) is 31.5 Å². The molecular weight excluding hydrogens is 424 g/mol. The molecule has 0 spiro atoms. The van der Waals surface area contributed by atoms with Crippen LogP contribution in [0.4, 0.5) is 23.2 Å². The minimum absolute atomic E-state index is 0.00313. The lowest BCUT2D eigenvalue weighted by Gasteiger charge is -2.36. The molecule has 0 radical (unpaired) electrons. The van der Waals surface area contributed by atoms with Gasteiger partial charge in [0.05, 0.1) is 6.10 Å². The molecular formula is C21H21ClF4N2O2. The molecule has 1 atom stereocenters. The molecule has 1 fully saturated rings. The lowest BCUT2D eigenvalue weighted by atomic mass is 10.1. The third-order valence-electron chi connectivity index (χ3n) is 5.06. The molecule has 1 aliphatic rings. The monoisotopic (exact) mass is 444 g/mol. The van der Waals surface area contributed by atoms with Gasteiger partial charge < -0.3 is 14.5 Å². The molecule has 0 N–H and O–H groups in total. The summed E-state index contributed by atoms with van der Waals surface area (Å²) in [6.07, 6.45) is 0.822. The maximum atomic E-state index is 14.2. The number of nitrogens with zero attached hydrogens (tertiary/aromatic N) is 2. The largest absolute Gasteiger partial charge is 0.491 e. The Balaban J connectivity index is 1.72. The van der Waals surface area contributed by atoms with E-state index in [-0.39, 0.29) is 38.2 Å². The molecule has 0 saturated carbocycles. The molecule has 1 heterocycles. The van der Waals surface area contributed by atoms with E-state index in [9.17, 15) is 22.4 Å². The van der Waals surface area contributed by atoms with Crippen LogP contribution in [0.15, 0.2) is 24.3 Å². The van der Waals surface area contributed by atoms with Gasteiger partial charge in [-0.15, -0.1) is 0 Å². The number of carbonyl (C=O) groups excluding carboxylic acids is 1. The van der Waals surface area contributed by atoms with Crippen molar-refractivity contribution in [3.8, 4) is 5.75 Å². The van der Waals surface area contributed by atoms with Crippen molar-refractivity contribution in [2.75, 3.05) is 31.1 Å². The number of amides is 1. The average Bonchev–Trinajstić information content (AvgIpc) is 2.76. The summed E-state index contributed by atoms with van der Waals surface area (Å²) in [6, 6.07) is 6.77. The molecule has 1 saturated heterocycles. The van der Waals surface area contributed by atoms with Crippen LogP contribution in [0.1, 0.15) is 30.6 Å². The van der Waals surface area contributed by atoms with Gasteiger partial charge >= 0.3 is 0 Å². The van der Waals surface area contributed by atoms with Gasteiger partial charge in [0.15, 0.2) is 23.3 Å². The maximum Gasteiger partial charge on any atom is 0.254 e. The number of benzene rings is 2. The van der Waals surface area contributed by atoms with Gasteiger partial charge in [0.25, 0.3) is 5.91 Å². The Morgan fingerprint density at radius 2 is 1.67 bits per heavy atom. The van der Waals surface area contributed by atoms with Gasteiger partial charge in [-0.3, -0.25) is 4.79 Å². The number of halogens is 5. The molecule has 4 nitrogen and oxygen atoms in total. The van der Waals surface area contributed by atoms with Gasteiger partial charge in [0.2, 0.25) is 0 Å². The van der Waals surface area contributed by atoms with Crippen molar-refractivity contribution in [2.45, 2.75) is 26.4 Å². The highest BCUT2D eigenvalue weighted by molar-refractivity contribution is 6.31. The molecule has 0 aromatic heterocycles. The van der Waals surface area contributed by atoms with Crippen molar-refractivity contribution < 1.29 is 27.1 Å². The average molecular weight is 445 g/mol. The van der Waals surface area contributed by atoms with Gasteiger partial charge in [-0.2, -0.15) is 0 Å². The van der Waals surface area contributed by atoms with Crippen LogP contribution in [0.25, 0.3) is 0 Å². The number of piperazine rings is 1. The molecule has 1 amide bonds. The lowest BCUT2D eigenvalue weighted by molar-refractivity contribution is 0.0745. The zero-order valence-electron chi connectivity index (χ0n) is 16.5. The highest BCUT2D eigenvalue weighted by Gasteiger charge is 2.31. The third kappa shape index (κ3) is 4.33. The molecule has 3 rings (SSSR count). The number of hydrogen-bond donors (Lipinski definition) is 0. The number of ether oxygens (including phenoxy) is 1. The molecule has 1 unspecified atom stereocenters. The number of hydrogen-bond acceptors (Lipinski definition) is 3. The predicted octanol–water partition coefficient (Wildman–Crippen LogP) is 5.04. The van der Waals surface area contributed by atoms with Crippen LogP contribution < -0.4 is 9.64 Å². The summed E-state index contributed by atoms with van der Waals surface area (Å²) in [5.74, 6) is -6.06. The van der Waals surface area contributed by atoms with Crippen LogP contribution in [0.2, 0.25) is 5.02 Å². The third-order valence-corrected chi connectivity index (χ3v) is 5.39. The minimum Gasteiger partial charge on any atom is -0.491 e. The fourth-order valence-corrected chi connectivity index (χ4v) is 3.37. The predicted molar refractivity (Wildman–Crippen MR) is 106 cm³/mol. The quantitative estimate of drug-likeness (QED) is 0.368. The van der Waals surface area contributed by atoms with Crippen molar-refractivity contribution in [3.63, 3.8) is 0 Å². The van der Waals surface area contributed by atoms with E-state index in [1.807, 2.05) is 13.8 Å². The minimum atomic E-state index is -1.64. The van der Waals surface area contributed by atoms with E-state index in [1.54, 1.807) is 24.3 Å². The van der Waals surface area contributed by atoms with E-state index >= 15 is 0 Å². The Kier molecular flexibility index (Phi) is 6.75. The maximum absolute atomic E-state index is 14.2. The Hall–Kier alpha value is -2.48. The van der Waals surface area contributed by atoms with Crippen molar-refractivity contribution in [3.05, 3.63) is 58.1 Å². The van der Waals surface area contributed by atoms with E-state index in [0.717, 1.165) is 6.42 Å². The molecule has 0 aliphatic carbocycles. The van der Waals surface area contributed by atoms with Crippen molar-refractivity contribution in [1.29, 1.82) is 0 Å². The van der Waals surface area contributed by atoms with Gasteiger partial charge in [-0.25, -0.2) is 17.6 Å². The highest BCUT2D eigenvalue weighted by Crippen LogP contribution is 2.34. The molecule has 162 valence electrons. The van der Waals surface area contributed by atoms with Crippen LogP contribution in [0.3, 0.4) is 0 Å².